The van der Waals surface area contributed by atoms with E-state index in [4.69, 9.17) is 9.57 Å². The van der Waals surface area contributed by atoms with Gasteiger partial charge >= 0.3 is 0 Å². The Morgan fingerprint density at radius 3 is 2.68 bits per heavy atom. The lowest BCUT2D eigenvalue weighted by Gasteiger charge is -2.27. The van der Waals surface area contributed by atoms with E-state index >= 15 is 0 Å². The van der Waals surface area contributed by atoms with Crippen LogP contribution < -0.4 is 10.2 Å². The maximum atomic E-state index is 11.3. The van der Waals surface area contributed by atoms with Crippen molar-refractivity contribution in [1.29, 1.82) is 0 Å². The van der Waals surface area contributed by atoms with Crippen molar-refractivity contribution in [2.24, 2.45) is 4.99 Å². The summed E-state index contributed by atoms with van der Waals surface area (Å²) in [6.07, 6.45) is 1.77. The van der Waals surface area contributed by atoms with E-state index in [2.05, 4.69) is 10.3 Å². The lowest BCUT2D eigenvalue weighted by atomic mass is 10.2. The molecule has 1 fully saturated rings. The smallest absolute Gasteiger partial charge is 0.221 e. The molecule has 2 aromatic rings. The molecule has 1 heterocycles. The summed E-state index contributed by atoms with van der Waals surface area (Å²) in [5.74, 6) is 0.524. The Labute approximate surface area is 147 Å². The van der Waals surface area contributed by atoms with Gasteiger partial charge in [0.15, 0.2) is 5.75 Å². The third-order valence-corrected chi connectivity index (χ3v) is 3.64. The molecule has 0 aliphatic carbocycles. The molecule has 3 rings (SSSR count). The van der Waals surface area contributed by atoms with Gasteiger partial charge in [0.1, 0.15) is 0 Å². The number of morpholine rings is 1. The molecule has 1 aliphatic rings. The Hall–Kier alpha value is -2.70. The molecular formula is C19H21N3O3. The van der Waals surface area contributed by atoms with E-state index in [9.17, 15) is 4.79 Å². The first-order valence-corrected chi connectivity index (χ1v) is 8.22. The van der Waals surface area contributed by atoms with Gasteiger partial charge in [0.05, 0.1) is 32.0 Å². The van der Waals surface area contributed by atoms with Crippen molar-refractivity contribution in [3.05, 3.63) is 54.1 Å². The number of hydrogen-bond acceptors (Lipinski definition) is 5. The predicted molar refractivity (Wildman–Crippen MR) is 97.5 cm³/mol. The summed E-state index contributed by atoms with van der Waals surface area (Å²) in [4.78, 5) is 21.8. The van der Waals surface area contributed by atoms with Crippen molar-refractivity contribution < 1.29 is 14.4 Å². The van der Waals surface area contributed by atoms with Crippen LogP contribution in [0.3, 0.4) is 0 Å². The fourth-order valence-corrected chi connectivity index (χ4v) is 2.44. The number of nitrogens with one attached hydrogen (secondary N) is 1. The van der Waals surface area contributed by atoms with Crippen molar-refractivity contribution in [1.82, 2.24) is 5.06 Å². The Morgan fingerprint density at radius 1 is 1.20 bits per heavy atom. The molecule has 6 nitrogen and oxygen atoms in total. The van der Waals surface area contributed by atoms with E-state index in [1.54, 1.807) is 6.21 Å². The van der Waals surface area contributed by atoms with Crippen LogP contribution in [-0.4, -0.2) is 43.5 Å². The largest absolute Gasteiger partial charge is 0.405 e. The molecule has 0 spiro atoms. The van der Waals surface area contributed by atoms with Gasteiger partial charge in [0, 0.05) is 30.5 Å². The fraction of sp³-hybridized carbons (Fsp3) is 0.263. The molecular weight excluding hydrogens is 318 g/mol. The van der Waals surface area contributed by atoms with E-state index in [-0.39, 0.29) is 5.91 Å². The molecule has 0 aromatic heterocycles. The minimum atomic E-state index is -0.122. The first-order chi connectivity index (χ1) is 12.2. The maximum Gasteiger partial charge on any atom is 0.221 e. The van der Waals surface area contributed by atoms with Crippen LogP contribution in [0.4, 0.5) is 11.4 Å². The lowest BCUT2D eigenvalue weighted by molar-refractivity contribution is -0.118. The van der Waals surface area contributed by atoms with Gasteiger partial charge in [0.2, 0.25) is 5.91 Å². The molecule has 1 N–H and O–H groups in total. The second-order valence-corrected chi connectivity index (χ2v) is 5.66. The number of hydrogen-bond donors (Lipinski definition) is 1. The summed E-state index contributed by atoms with van der Waals surface area (Å²) in [6.45, 7) is 4.14. The number of benzene rings is 2. The van der Waals surface area contributed by atoms with Crippen molar-refractivity contribution >= 4 is 23.5 Å². The Bertz CT molecular complexity index is 741. The lowest BCUT2D eigenvalue weighted by Crippen LogP contribution is -2.38. The van der Waals surface area contributed by atoms with Crippen LogP contribution in [0.25, 0.3) is 0 Å². The maximum absolute atomic E-state index is 11.3. The van der Waals surface area contributed by atoms with E-state index in [1.807, 2.05) is 53.6 Å². The summed E-state index contributed by atoms with van der Waals surface area (Å²) in [6, 6.07) is 15.2. The average Bonchev–Trinajstić information content (AvgIpc) is 2.62. The fourth-order valence-electron chi connectivity index (χ4n) is 2.44. The first-order valence-electron chi connectivity index (χ1n) is 8.22. The number of aliphatic imine (C=N–C) groups is 1. The second kappa shape index (κ2) is 8.41. The summed E-state index contributed by atoms with van der Waals surface area (Å²) < 4.78 is 5.34. The highest BCUT2D eigenvalue weighted by molar-refractivity contribution is 5.91. The number of ether oxygens (including phenoxy) is 1. The van der Waals surface area contributed by atoms with Gasteiger partial charge in [-0.05, 0) is 24.3 Å². The molecule has 0 saturated carbocycles. The Kier molecular flexibility index (Phi) is 5.77. The normalized spacial score (nSPS) is 15.2. The number of nitrogens with zero attached hydrogens (tertiary/aromatic N) is 2. The third kappa shape index (κ3) is 5.14. The third-order valence-electron chi connectivity index (χ3n) is 3.64. The molecule has 1 saturated heterocycles. The highest BCUT2D eigenvalue weighted by Gasteiger charge is 2.14. The average molecular weight is 339 g/mol. The molecule has 0 radical (unpaired) electrons. The first kappa shape index (κ1) is 17.1. The zero-order valence-electron chi connectivity index (χ0n) is 14.1. The van der Waals surface area contributed by atoms with E-state index in [1.165, 1.54) is 6.92 Å². The van der Waals surface area contributed by atoms with Gasteiger partial charge in [-0.2, -0.15) is 0 Å². The van der Waals surface area contributed by atoms with Crippen molar-refractivity contribution in [3.8, 4) is 5.75 Å². The number of rotatable bonds is 5. The van der Waals surface area contributed by atoms with Gasteiger partial charge in [-0.15, -0.1) is 5.06 Å². The Morgan fingerprint density at radius 2 is 1.96 bits per heavy atom. The standard InChI is InChI=1S/C19H21N3O3/c1-15(23)21-18-8-7-16(14-20-17-5-3-2-4-6-17)19(13-18)25-22-9-11-24-12-10-22/h2-8,13-14H,9-12H2,1H3,(H,21,23). The summed E-state index contributed by atoms with van der Waals surface area (Å²) >= 11 is 0. The van der Waals surface area contributed by atoms with Gasteiger partial charge in [-0.3, -0.25) is 9.79 Å². The van der Waals surface area contributed by atoms with Crippen molar-refractivity contribution in [2.75, 3.05) is 31.6 Å². The second-order valence-electron chi connectivity index (χ2n) is 5.66. The van der Waals surface area contributed by atoms with E-state index in [0.717, 1.165) is 11.3 Å². The van der Waals surface area contributed by atoms with Gasteiger partial charge in [-0.25, -0.2) is 0 Å². The number of amides is 1. The van der Waals surface area contributed by atoms with Crippen molar-refractivity contribution in [3.63, 3.8) is 0 Å². The quantitative estimate of drug-likeness (QED) is 0.851. The van der Waals surface area contributed by atoms with Crippen LogP contribution in [0.5, 0.6) is 5.75 Å². The zero-order valence-corrected chi connectivity index (χ0v) is 14.1. The van der Waals surface area contributed by atoms with Crippen LogP contribution in [0.2, 0.25) is 0 Å². The molecule has 0 unspecified atom stereocenters. The number of carbonyl (C=O) groups is 1. The van der Waals surface area contributed by atoms with E-state index < -0.39 is 0 Å². The number of hydroxylamine groups is 2. The molecule has 6 heteroatoms. The number of anilines is 1. The molecule has 2 aromatic carbocycles. The SMILES string of the molecule is CC(=O)Nc1ccc(C=Nc2ccccc2)c(ON2CCOCC2)c1. The van der Waals surface area contributed by atoms with Gasteiger partial charge < -0.3 is 14.9 Å². The highest BCUT2D eigenvalue weighted by atomic mass is 16.7. The minimum Gasteiger partial charge on any atom is -0.405 e. The number of para-hydroxylation sites is 1. The van der Waals surface area contributed by atoms with Gasteiger partial charge in [0.25, 0.3) is 0 Å². The van der Waals surface area contributed by atoms with Crippen LogP contribution in [0.15, 0.2) is 53.5 Å². The summed E-state index contributed by atoms with van der Waals surface area (Å²) in [5, 5.41) is 4.63. The van der Waals surface area contributed by atoms with Crippen LogP contribution in [0.1, 0.15) is 12.5 Å². The topological polar surface area (TPSA) is 63.2 Å². The molecule has 130 valence electrons. The molecule has 1 aliphatic heterocycles. The number of carbonyl (C=O) groups excluding carboxylic acids is 1. The summed E-state index contributed by atoms with van der Waals surface area (Å²) in [5.41, 5.74) is 2.39. The van der Waals surface area contributed by atoms with Crippen LogP contribution in [-0.2, 0) is 9.53 Å². The minimum absolute atomic E-state index is 0.122. The molecule has 0 bridgehead atoms. The summed E-state index contributed by atoms with van der Waals surface area (Å²) in [7, 11) is 0. The molecule has 1 amide bonds. The molecule has 25 heavy (non-hydrogen) atoms. The van der Waals surface area contributed by atoms with Crippen LogP contribution >= 0.6 is 0 Å². The predicted octanol–water partition coefficient (Wildman–Crippen LogP) is 3.02. The van der Waals surface area contributed by atoms with E-state index in [0.29, 0.717) is 37.7 Å². The monoisotopic (exact) mass is 339 g/mol. The van der Waals surface area contributed by atoms with Crippen molar-refractivity contribution in [2.45, 2.75) is 6.92 Å². The Balaban J connectivity index is 1.84. The molecule has 0 atom stereocenters. The van der Waals surface area contributed by atoms with Crippen LogP contribution in [0, 0.1) is 0 Å². The van der Waals surface area contributed by atoms with Gasteiger partial charge in [-0.1, -0.05) is 18.2 Å². The zero-order chi connectivity index (χ0) is 17.5. The highest BCUT2D eigenvalue weighted by Crippen LogP contribution is 2.24.